The van der Waals surface area contributed by atoms with Crippen molar-refractivity contribution < 1.29 is 19.1 Å². The van der Waals surface area contributed by atoms with Gasteiger partial charge in [-0.2, -0.15) is 0 Å². The lowest BCUT2D eigenvalue weighted by molar-refractivity contribution is -0.141. The lowest BCUT2D eigenvalue weighted by atomic mass is 9.75. The minimum atomic E-state index is -0.809. The Morgan fingerprint density at radius 2 is 1.75 bits per heavy atom. The van der Waals surface area contributed by atoms with Gasteiger partial charge in [-0.25, -0.2) is 0 Å². The number of allylic oxidation sites excluding steroid dienone is 7. The fraction of sp³-hybridized carbons (Fsp3) is 0.261. The van der Waals surface area contributed by atoms with Crippen molar-refractivity contribution in [3.8, 4) is 0 Å². The molecule has 1 aromatic carbocycles. The van der Waals surface area contributed by atoms with Gasteiger partial charge in [0.05, 0.1) is 12.5 Å². The molecule has 5 heteroatoms. The van der Waals surface area contributed by atoms with Crippen molar-refractivity contribution in [3.63, 3.8) is 0 Å². The molecule has 1 aliphatic carbocycles. The number of nitrogens with one attached hydrogen (secondary N) is 1. The van der Waals surface area contributed by atoms with Gasteiger partial charge in [0.25, 0.3) is 0 Å². The van der Waals surface area contributed by atoms with Gasteiger partial charge in [0, 0.05) is 12.0 Å². The highest BCUT2D eigenvalue weighted by atomic mass is 16.5. The molecule has 0 aromatic heterocycles. The molecule has 2 rings (SSSR count). The Morgan fingerprint density at radius 3 is 2.43 bits per heavy atom. The van der Waals surface area contributed by atoms with Crippen molar-refractivity contribution in [3.05, 3.63) is 84.0 Å². The first-order valence-electron chi connectivity index (χ1n) is 9.06. The smallest absolute Gasteiger partial charge is 0.325 e. The van der Waals surface area contributed by atoms with Gasteiger partial charge < -0.3 is 10.1 Å². The summed E-state index contributed by atoms with van der Waals surface area (Å²) in [6.45, 7) is 5.77. The molecule has 1 atom stereocenters. The number of aryl methyl sites for hydroxylation is 1. The summed E-state index contributed by atoms with van der Waals surface area (Å²) >= 11 is 0. The van der Waals surface area contributed by atoms with E-state index in [1.807, 2.05) is 55.5 Å². The molecule has 0 spiro atoms. The number of methoxy groups -OCH3 is 1. The highest BCUT2D eigenvalue weighted by molar-refractivity contribution is 6.04. The minimum absolute atomic E-state index is 0.0314. The van der Waals surface area contributed by atoms with Crippen molar-refractivity contribution in [1.29, 1.82) is 0 Å². The summed E-state index contributed by atoms with van der Waals surface area (Å²) in [6, 6.07) is 7.23. The SMILES string of the molecule is C=C1C=CC=CC=CC1(C)C(=O)c1ccc(CCC(=O)NCC(=O)OC)cc1. The zero-order chi connectivity index (χ0) is 20.6. The first kappa shape index (κ1) is 21.1. The number of carbonyl (C=O) groups excluding carboxylic acids is 3. The fourth-order valence-electron chi connectivity index (χ4n) is 2.76. The van der Waals surface area contributed by atoms with E-state index in [2.05, 4.69) is 16.6 Å². The third kappa shape index (κ3) is 5.39. The number of rotatable bonds is 7. The summed E-state index contributed by atoms with van der Waals surface area (Å²) in [5, 5.41) is 2.50. The second-order valence-corrected chi connectivity index (χ2v) is 6.71. The van der Waals surface area contributed by atoms with Crippen LogP contribution in [-0.2, 0) is 20.7 Å². The summed E-state index contributed by atoms with van der Waals surface area (Å²) in [7, 11) is 1.27. The largest absolute Gasteiger partial charge is 0.468 e. The Bertz CT molecular complexity index is 846. The molecule has 28 heavy (non-hydrogen) atoms. The number of hydrogen-bond donors (Lipinski definition) is 1. The Balaban J connectivity index is 2.01. The van der Waals surface area contributed by atoms with Crippen molar-refractivity contribution in [2.45, 2.75) is 19.8 Å². The highest BCUT2D eigenvalue weighted by Gasteiger charge is 2.33. The highest BCUT2D eigenvalue weighted by Crippen LogP contribution is 2.33. The van der Waals surface area contributed by atoms with Crippen LogP contribution in [0, 0.1) is 5.41 Å². The third-order valence-electron chi connectivity index (χ3n) is 4.71. The van der Waals surface area contributed by atoms with Gasteiger partial charge in [0.2, 0.25) is 5.91 Å². The van der Waals surface area contributed by atoms with E-state index in [0.29, 0.717) is 12.0 Å². The van der Waals surface area contributed by atoms with Crippen molar-refractivity contribution in [2.75, 3.05) is 13.7 Å². The zero-order valence-electron chi connectivity index (χ0n) is 16.2. The topological polar surface area (TPSA) is 72.5 Å². The number of ketones is 1. The molecule has 0 bridgehead atoms. The number of Topliss-reactive ketones (excluding diaryl/α,β-unsaturated/α-hetero) is 1. The summed E-state index contributed by atoms with van der Waals surface area (Å²) in [6.07, 6.45) is 12.0. The molecule has 0 saturated heterocycles. The zero-order valence-corrected chi connectivity index (χ0v) is 16.2. The van der Waals surface area contributed by atoms with Crippen LogP contribution in [-0.4, -0.2) is 31.3 Å². The summed E-state index contributed by atoms with van der Waals surface area (Å²) in [5.41, 5.74) is 1.44. The molecule has 146 valence electrons. The normalized spacial score (nSPS) is 18.3. The summed E-state index contributed by atoms with van der Waals surface area (Å²) in [4.78, 5) is 35.9. The van der Waals surface area contributed by atoms with Gasteiger partial charge in [0.15, 0.2) is 5.78 Å². The van der Waals surface area contributed by atoms with E-state index < -0.39 is 11.4 Å². The summed E-state index contributed by atoms with van der Waals surface area (Å²) in [5.74, 6) is -0.746. The van der Waals surface area contributed by atoms with E-state index in [1.54, 1.807) is 12.1 Å². The van der Waals surface area contributed by atoms with Crippen LogP contribution >= 0.6 is 0 Å². The van der Waals surface area contributed by atoms with Gasteiger partial charge >= 0.3 is 5.97 Å². The lowest BCUT2D eigenvalue weighted by Gasteiger charge is -2.26. The predicted octanol–water partition coefficient (Wildman–Crippen LogP) is 3.34. The van der Waals surface area contributed by atoms with E-state index in [9.17, 15) is 14.4 Å². The molecule has 0 aliphatic heterocycles. The molecule has 1 aromatic rings. The fourth-order valence-corrected chi connectivity index (χ4v) is 2.76. The number of ether oxygens (including phenoxy) is 1. The number of hydrogen-bond acceptors (Lipinski definition) is 4. The Kier molecular flexibility index (Phi) is 7.27. The average Bonchev–Trinajstić information content (AvgIpc) is 2.71. The number of amides is 1. The second kappa shape index (κ2) is 9.65. The molecule has 1 aliphatic rings. The van der Waals surface area contributed by atoms with Gasteiger partial charge in [-0.1, -0.05) is 67.3 Å². The quantitative estimate of drug-likeness (QED) is 0.583. The van der Waals surface area contributed by atoms with E-state index in [1.165, 1.54) is 7.11 Å². The van der Waals surface area contributed by atoms with Crippen LogP contribution in [0.3, 0.4) is 0 Å². The molecule has 0 saturated carbocycles. The van der Waals surface area contributed by atoms with Crippen LogP contribution in [0.1, 0.15) is 29.3 Å². The molecule has 0 radical (unpaired) electrons. The molecule has 5 nitrogen and oxygen atoms in total. The van der Waals surface area contributed by atoms with Crippen LogP contribution in [0.5, 0.6) is 0 Å². The van der Waals surface area contributed by atoms with Crippen LogP contribution in [0.25, 0.3) is 0 Å². The molecule has 1 amide bonds. The minimum Gasteiger partial charge on any atom is -0.468 e. The standard InChI is InChI=1S/C23H25NO4/c1-17-8-6-4-5-7-15-23(17,2)22(27)19-12-9-18(10-13-19)11-14-20(25)24-16-21(26)28-3/h4-10,12-13,15H,1,11,14,16H2,2-3H3,(H,24,25). The molecule has 1 N–H and O–H groups in total. The maximum Gasteiger partial charge on any atom is 0.325 e. The number of benzene rings is 1. The van der Waals surface area contributed by atoms with E-state index >= 15 is 0 Å². The monoisotopic (exact) mass is 379 g/mol. The van der Waals surface area contributed by atoms with Crippen LogP contribution in [0.4, 0.5) is 0 Å². The molecule has 0 fully saturated rings. The van der Waals surface area contributed by atoms with Crippen LogP contribution < -0.4 is 5.32 Å². The maximum absolute atomic E-state index is 13.1. The second-order valence-electron chi connectivity index (χ2n) is 6.71. The van der Waals surface area contributed by atoms with Gasteiger partial charge in [-0.15, -0.1) is 0 Å². The lowest BCUT2D eigenvalue weighted by Crippen LogP contribution is -2.30. The van der Waals surface area contributed by atoms with Crippen molar-refractivity contribution in [1.82, 2.24) is 5.32 Å². The van der Waals surface area contributed by atoms with E-state index in [-0.39, 0.29) is 24.7 Å². The Labute approximate surface area is 165 Å². The third-order valence-corrected chi connectivity index (χ3v) is 4.71. The maximum atomic E-state index is 13.1. The van der Waals surface area contributed by atoms with E-state index in [4.69, 9.17) is 0 Å². The molecule has 0 heterocycles. The van der Waals surface area contributed by atoms with Gasteiger partial charge in [-0.05, 0) is 24.5 Å². The van der Waals surface area contributed by atoms with Crippen molar-refractivity contribution in [2.24, 2.45) is 5.41 Å². The van der Waals surface area contributed by atoms with Crippen molar-refractivity contribution >= 4 is 17.7 Å². The molecular formula is C23H25NO4. The predicted molar refractivity (Wildman–Crippen MR) is 109 cm³/mol. The number of esters is 1. The van der Waals surface area contributed by atoms with Crippen LogP contribution in [0.2, 0.25) is 0 Å². The summed E-state index contributed by atoms with van der Waals surface area (Å²) < 4.78 is 4.47. The van der Waals surface area contributed by atoms with Gasteiger partial charge in [0.1, 0.15) is 6.54 Å². The number of carbonyl (C=O) groups is 3. The molecular weight excluding hydrogens is 354 g/mol. The Morgan fingerprint density at radius 1 is 1.07 bits per heavy atom. The molecule has 1 unspecified atom stereocenters. The first-order valence-corrected chi connectivity index (χ1v) is 9.06. The first-order chi connectivity index (χ1) is 13.4. The van der Waals surface area contributed by atoms with Gasteiger partial charge in [-0.3, -0.25) is 14.4 Å². The average molecular weight is 379 g/mol. The Hall–Kier alpha value is -3.21. The van der Waals surface area contributed by atoms with E-state index in [0.717, 1.165) is 11.1 Å². The van der Waals surface area contributed by atoms with Crippen LogP contribution in [0.15, 0.2) is 72.9 Å².